The molecule has 0 bridgehead atoms. The summed E-state index contributed by atoms with van der Waals surface area (Å²) in [6.07, 6.45) is 4.10. The molecule has 0 aromatic carbocycles. The number of hydrogen-bond donors (Lipinski definition) is 1. The van der Waals surface area contributed by atoms with Gasteiger partial charge in [0.1, 0.15) is 0 Å². The Balaban J connectivity index is 1.91. The summed E-state index contributed by atoms with van der Waals surface area (Å²) in [7, 11) is 0. The molecular formula is C13H18N2S. The number of rotatable bonds is 2. The molecule has 0 unspecified atom stereocenters. The van der Waals surface area contributed by atoms with Gasteiger partial charge in [0.15, 0.2) is 0 Å². The zero-order valence-corrected chi connectivity index (χ0v) is 10.4. The minimum Gasteiger partial charge on any atom is -0.320 e. The van der Waals surface area contributed by atoms with Crippen molar-refractivity contribution in [3.05, 3.63) is 21.9 Å². The second kappa shape index (κ2) is 6.05. The van der Waals surface area contributed by atoms with E-state index in [2.05, 4.69) is 28.9 Å². The van der Waals surface area contributed by atoms with Gasteiger partial charge in [-0.05, 0) is 38.1 Å². The Morgan fingerprint density at radius 2 is 2.06 bits per heavy atom. The molecular weight excluding hydrogens is 216 g/mol. The van der Waals surface area contributed by atoms with Gasteiger partial charge in [-0.2, -0.15) is 0 Å². The quantitative estimate of drug-likeness (QED) is 0.794. The third-order valence-electron chi connectivity index (χ3n) is 2.80. The molecule has 1 fully saturated rings. The molecule has 0 amide bonds. The van der Waals surface area contributed by atoms with Crippen molar-refractivity contribution in [2.45, 2.75) is 25.8 Å². The molecule has 1 aliphatic heterocycles. The Morgan fingerprint density at radius 3 is 2.81 bits per heavy atom. The van der Waals surface area contributed by atoms with Crippen molar-refractivity contribution < 1.29 is 0 Å². The highest BCUT2D eigenvalue weighted by Crippen LogP contribution is 2.19. The second-order valence-corrected chi connectivity index (χ2v) is 5.28. The SMILES string of the molecule is NCC#Cc1ccc(CN2CCCCC2)s1. The highest BCUT2D eigenvalue weighted by Gasteiger charge is 2.11. The Hall–Kier alpha value is -0.820. The average molecular weight is 234 g/mol. The van der Waals surface area contributed by atoms with E-state index in [0.29, 0.717) is 6.54 Å². The second-order valence-electron chi connectivity index (χ2n) is 4.11. The van der Waals surface area contributed by atoms with E-state index in [9.17, 15) is 0 Å². The summed E-state index contributed by atoms with van der Waals surface area (Å²) in [5, 5.41) is 0. The van der Waals surface area contributed by atoms with Gasteiger partial charge in [0.2, 0.25) is 0 Å². The lowest BCUT2D eigenvalue weighted by molar-refractivity contribution is 0.222. The number of nitrogens with two attached hydrogens (primary N) is 1. The van der Waals surface area contributed by atoms with Gasteiger partial charge >= 0.3 is 0 Å². The molecule has 16 heavy (non-hydrogen) atoms. The van der Waals surface area contributed by atoms with Crippen molar-refractivity contribution in [2.24, 2.45) is 5.73 Å². The summed E-state index contributed by atoms with van der Waals surface area (Å²) in [5.74, 6) is 5.98. The van der Waals surface area contributed by atoms with Gasteiger partial charge in [0, 0.05) is 11.4 Å². The van der Waals surface area contributed by atoms with E-state index in [1.165, 1.54) is 37.2 Å². The number of hydrogen-bond acceptors (Lipinski definition) is 3. The van der Waals surface area contributed by atoms with Crippen LogP contribution in [-0.2, 0) is 6.54 Å². The van der Waals surface area contributed by atoms with Gasteiger partial charge in [0.25, 0.3) is 0 Å². The fraction of sp³-hybridized carbons (Fsp3) is 0.538. The molecule has 0 radical (unpaired) electrons. The maximum absolute atomic E-state index is 5.36. The Bertz CT molecular complexity index is 380. The number of thiophene rings is 1. The maximum atomic E-state index is 5.36. The average Bonchev–Trinajstić information content (AvgIpc) is 2.75. The summed E-state index contributed by atoms with van der Waals surface area (Å²) in [6, 6.07) is 4.30. The summed E-state index contributed by atoms with van der Waals surface area (Å²) in [5.41, 5.74) is 5.36. The van der Waals surface area contributed by atoms with E-state index < -0.39 is 0 Å². The highest BCUT2D eigenvalue weighted by molar-refractivity contribution is 7.12. The van der Waals surface area contributed by atoms with E-state index >= 15 is 0 Å². The molecule has 86 valence electrons. The molecule has 2 rings (SSSR count). The van der Waals surface area contributed by atoms with Crippen LogP contribution in [0, 0.1) is 11.8 Å². The van der Waals surface area contributed by atoms with E-state index in [1.54, 1.807) is 11.3 Å². The van der Waals surface area contributed by atoms with Gasteiger partial charge in [-0.15, -0.1) is 11.3 Å². The first-order valence-electron chi connectivity index (χ1n) is 5.88. The molecule has 1 aromatic rings. The van der Waals surface area contributed by atoms with Crippen LogP contribution in [-0.4, -0.2) is 24.5 Å². The van der Waals surface area contributed by atoms with Gasteiger partial charge in [-0.3, -0.25) is 4.90 Å². The van der Waals surface area contributed by atoms with E-state index in [0.717, 1.165) is 11.4 Å². The molecule has 0 atom stereocenters. The van der Waals surface area contributed by atoms with Gasteiger partial charge in [0.05, 0.1) is 11.4 Å². The largest absolute Gasteiger partial charge is 0.320 e. The van der Waals surface area contributed by atoms with Crippen LogP contribution in [0.25, 0.3) is 0 Å². The molecule has 0 aliphatic carbocycles. The lowest BCUT2D eigenvalue weighted by Crippen LogP contribution is -2.28. The topological polar surface area (TPSA) is 29.3 Å². The van der Waals surface area contributed by atoms with E-state index in [4.69, 9.17) is 5.73 Å². The summed E-state index contributed by atoms with van der Waals surface area (Å²) >= 11 is 1.80. The van der Waals surface area contributed by atoms with Crippen molar-refractivity contribution in [1.82, 2.24) is 4.90 Å². The predicted molar refractivity (Wildman–Crippen MR) is 69.4 cm³/mol. The van der Waals surface area contributed by atoms with Crippen LogP contribution in [0.15, 0.2) is 12.1 Å². The first-order chi connectivity index (χ1) is 7.88. The number of piperidine rings is 1. The molecule has 1 aromatic heterocycles. The zero-order valence-electron chi connectivity index (χ0n) is 9.54. The molecule has 3 heteroatoms. The molecule has 0 spiro atoms. The normalized spacial score (nSPS) is 16.8. The Morgan fingerprint density at radius 1 is 1.25 bits per heavy atom. The van der Waals surface area contributed by atoms with Gasteiger partial charge < -0.3 is 5.73 Å². The van der Waals surface area contributed by atoms with Crippen LogP contribution in [0.3, 0.4) is 0 Å². The summed E-state index contributed by atoms with van der Waals surface area (Å²) in [4.78, 5) is 5.09. The van der Waals surface area contributed by atoms with Crippen molar-refractivity contribution >= 4 is 11.3 Å². The van der Waals surface area contributed by atoms with Crippen molar-refractivity contribution in [1.29, 1.82) is 0 Å². The van der Waals surface area contributed by atoms with E-state index in [1.807, 2.05) is 0 Å². The third-order valence-corrected chi connectivity index (χ3v) is 3.79. The molecule has 0 saturated carbocycles. The fourth-order valence-corrected chi connectivity index (χ4v) is 2.93. The molecule has 2 N–H and O–H groups in total. The maximum Gasteiger partial charge on any atom is 0.0772 e. The van der Waals surface area contributed by atoms with Crippen molar-refractivity contribution in [3.63, 3.8) is 0 Å². The lowest BCUT2D eigenvalue weighted by Gasteiger charge is -2.25. The first kappa shape index (κ1) is 11.7. The van der Waals surface area contributed by atoms with Gasteiger partial charge in [-0.25, -0.2) is 0 Å². The van der Waals surface area contributed by atoms with Crippen LogP contribution in [0.1, 0.15) is 29.0 Å². The van der Waals surface area contributed by atoms with Gasteiger partial charge in [-0.1, -0.05) is 18.3 Å². The molecule has 2 heterocycles. The zero-order chi connectivity index (χ0) is 11.2. The van der Waals surface area contributed by atoms with Crippen molar-refractivity contribution in [3.8, 4) is 11.8 Å². The minimum atomic E-state index is 0.444. The third kappa shape index (κ3) is 3.34. The van der Waals surface area contributed by atoms with Crippen molar-refractivity contribution in [2.75, 3.05) is 19.6 Å². The predicted octanol–water partition coefficient (Wildman–Crippen LogP) is 2.04. The van der Waals surface area contributed by atoms with Crippen LogP contribution < -0.4 is 5.73 Å². The summed E-state index contributed by atoms with van der Waals surface area (Å²) in [6.45, 7) is 4.04. The smallest absolute Gasteiger partial charge is 0.0772 e. The lowest BCUT2D eigenvalue weighted by atomic mass is 10.1. The van der Waals surface area contributed by atoms with Crippen LogP contribution in [0.2, 0.25) is 0 Å². The fourth-order valence-electron chi connectivity index (χ4n) is 2.01. The standard InChI is InChI=1S/C13H18N2S/c14-8-4-5-12-6-7-13(16-12)11-15-9-2-1-3-10-15/h6-7H,1-3,8-11,14H2. The Labute approximate surface area is 101 Å². The first-order valence-corrected chi connectivity index (χ1v) is 6.70. The number of likely N-dealkylation sites (tertiary alicyclic amines) is 1. The monoisotopic (exact) mass is 234 g/mol. The van der Waals surface area contributed by atoms with Crippen LogP contribution in [0.5, 0.6) is 0 Å². The molecule has 2 nitrogen and oxygen atoms in total. The van der Waals surface area contributed by atoms with E-state index in [-0.39, 0.29) is 0 Å². The summed E-state index contributed by atoms with van der Waals surface area (Å²) < 4.78 is 0. The highest BCUT2D eigenvalue weighted by atomic mass is 32.1. The number of nitrogens with zero attached hydrogens (tertiary/aromatic N) is 1. The molecule has 1 aliphatic rings. The van der Waals surface area contributed by atoms with Crippen LogP contribution in [0.4, 0.5) is 0 Å². The minimum absolute atomic E-state index is 0.444. The molecule has 1 saturated heterocycles. The Kier molecular flexibility index (Phi) is 4.41. The van der Waals surface area contributed by atoms with Crippen LogP contribution >= 0.6 is 11.3 Å².